The lowest BCUT2D eigenvalue weighted by atomic mass is 10.1. The van der Waals surface area contributed by atoms with Crippen LogP contribution < -0.4 is 14.4 Å². The molecule has 1 aliphatic heterocycles. The van der Waals surface area contributed by atoms with E-state index in [1.54, 1.807) is 4.90 Å². The number of benzene rings is 2. The number of aryl methyl sites for hydroxylation is 1. The number of hydrogen-bond acceptors (Lipinski definition) is 4. The van der Waals surface area contributed by atoms with Crippen molar-refractivity contribution in [1.29, 1.82) is 0 Å². The number of hydrogen-bond donors (Lipinski definition) is 1. The fraction of sp³-hybridized carbons (Fsp3) is 0.300. The average molecular weight is 355 g/mol. The summed E-state index contributed by atoms with van der Waals surface area (Å²) in [5, 5.41) is 9.04. The zero-order chi connectivity index (χ0) is 18.5. The molecule has 0 fully saturated rings. The lowest BCUT2D eigenvalue weighted by molar-refractivity contribution is -0.142. The zero-order valence-electron chi connectivity index (χ0n) is 14.6. The number of carboxylic acids is 1. The van der Waals surface area contributed by atoms with Crippen LogP contribution in [0.5, 0.6) is 11.5 Å². The van der Waals surface area contributed by atoms with Crippen LogP contribution in [0.3, 0.4) is 0 Å². The molecule has 2 aromatic carbocycles. The van der Waals surface area contributed by atoms with Gasteiger partial charge in [-0.25, -0.2) is 0 Å². The minimum absolute atomic E-state index is 0.330. The van der Waals surface area contributed by atoms with Gasteiger partial charge in [-0.2, -0.15) is 0 Å². The Morgan fingerprint density at radius 3 is 2.73 bits per heavy atom. The molecule has 0 spiro atoms. The molecule has 26 heavy (non-hydrogen) atoms. The average Bonchev–Trinajstić information content (AvgIpc) is 2.61. The van der Waals surface area contributed by atoms with E-state index in [1.807, 2.05) is 55.5 Å². The monoisotopic (exact) mass is 355 g/mol. The number of fused-ring (bicyclic) bond motifs is 1. The maximum Gasteiger partial charge on any atom is 0.307 e. The van der Waals surface area contributed by atoms with Crippen LogP contribution in [0.15, 0.2) is 48.5 Å². The molecule has 0 aromatic heterocycles. The summed E-state index contributed by atoms with van der Waals surface area (Å²) in [7, 11) is 0. The fourth-order valence-electron chi connectivity index (χ4n) is 2.88. The Hall–Kier alpha value is -3.02. The molecule has 0 saturated carbocycles. The second-order valence-corrected chi connectivity index (χ2v) is 6.18. The zero-order valence-corrected chi connectivity index (χ0v) is 14.6. The van der Waals surface area contributed by atoms with Gasteiger partial charge in [-0.3, -0.25) is 9.59 Å². The lowest BCUT2D eigenvalue weighted by Crippen LogP contribution is -2.47. The molecule has 0 aliphatic carbocycles. The number of carbonyl (C=O) groups is 2. The van der Waals surface area contributed by atoms with E-state index in [9.17, 15) is 9.59 Å². The van der Waals surface area contributed by atoms with Crippen LogP contribution in [0.2, 0.25) is 0 Å². The third kappa shape index (κ3) is 4.14. The van der Waals surface area contributed by atoms with Crippen LogP contribution >= 0.6 is 0 Å². The summed E-state index contributed by atoms with van der Waals surface area (Å²) >= 11 is 0. The minimum atomic E-state index is -1.06. The van der Waals surface area contributed by atoms with E-state index in [0.717, 1.165) is 11.3 Å². The summed E-state index contributed by atoms with van der Waals surface area (Å²) in [6, 6.07) is 15.0. The summed E-state index contributed by atoms with van der Waals surface area (Å²) in [4.78, 5) is 25.3. The molecule has 136 valence electrons. The highest BCUT2D eigenvalue weighted by atomic mass is 16.5. The van der Waals surface area contributed by atoms with Crippen LogP contribution in [0.25, 0.3) is 0 Å². The third-order valence-corrected chi connectivity index (χ3v) is 4.11. The van der Waals surface area contributed by atoms with Crippen molar-refractivity contribution in [2.45, 2.75) is 25.9 Å². The SMILES string of the molecule is Cc1ccc2c(c1)OC(CC(=O)O)C(=O)N2CCCOc1ccccc1. The fourth-order valence-corrected chi connectivity index (χ4v) is 2.88. The minimum Gasteiger partial charge on any atom is -0.494 e. The number of ether oxygens (including phenoxy) is 2. The first-order chi connectivity index (χ1) is 12.5. The van der Waals surface area contributed by atoms with Gasteiger partial charge >= 0.3 is 5.97 Å². The maximum absolute atomic E-state index is 12.7. The van der Waals surface area contributed by atoms with E-state index < -0.39 is 12.1 Å². The summed E-state index contributed by atoms with van der Waals surface area (Å²) in [6.07, 6.45) is -0.742. The molecule has 1 amide bonds. The van der Waals surface area contributed by atoms with Crippen molar-refractivity contribution in [3.63, 3.8) is 0 Å². The van der Waals surface area contributed by atoms with Crippen molar-refractivity contribution in [3.05, 3.63) is 54.1 Å². The van der Waals surface area contributed by atoms with Crippen LogP contribution in [0, 0.1) is 6.92 Å². The Bertz CT molecular complexity index is 790. The lowest BCUT2D eigenvalue weighted by Gasteiger charge is -2.34. The van der Waals surface area contributed by atoms with Crippen molar-refractivity contribution in [3.8, 4) is 11.5 Å². The molecule has 1 unspecified atom stereocenters. The Balaban J connectivity index is 1.69. The van der Waals surface area contributed by atoms with Crippen molar-refractivity contribution in [1.82, 2.24) is 0 Å². The predicted octanol–water partition coefficient (Wildman–Crippen LogP) is 3.03. The number of carbonyl (C=O) groups excluding carboxylic acids is 1. The second-order valence-electron chi connectivity index (χ2n) is 6.18. The predicted molar refractivity (Wildman–Crippen MR) is 96.8 cm³/mol. The standard InChI is InChI=1S/C20H21NO5/c1-14-8-9-16-17(12-14)26-18(13-19(22)23)20(24)21(16)10-5-11-25-15-6-3-2-4-7-15/h2-4,6-9,12,18H,5,10-11,13H2,1H3,(H,22,23). The first-order valence-electron chi connectivity index (χ1n) is 8.53. The largest absolute Gasteiger partial charge is 0.494 e. The number of rotatable bonds is 7. The normalized spacial score (nSPS) is 16.0. The van der Waals surface area contributed by atoms with Gasteiger partial charge in [0.15, 0.2) is 6.10 Å². The molecule has 1 aliphatic rings. The topological polar surface area (TPSA) is 76.1 Å². The van der Waals surface area contributed by atoms with Gasteiger partial charge < -0.3 is 19.5 Å². The Morgan fingerprint density at radius 2 is 2.00 bits per heavy atom. The Morgan fingerprint density at radius 1 is 1.23 bits per heavy atom. The van der Waals surface area contributed by atoms with Crippen molar-refractivity contribution < 1.29 is 24.2 Å². The number of carboxylic acid groups (broad SMARTS) is 1. The molecular formula is C20H21NO5. The number of para-hydroxylation sites is 1. The quantitative estimate of drug-likeness (QED) is 0.773. The number of amides is 1. The molecule has 1 heterocycles. The summed E-state index contributed by atoms with van der Waals surface area (Å²) in [6.45, 7) is 2.81. The number of aliphatic carboxylic acids is 1. The molecular weight excluding hydrogens is 334 g/mol. The molecule has 6 heteroatoms. The Labute approximate surface area is 152 Å². The van der Waals surface area contributed by atoms with Gasteiger partial charge in [0.2, 0.25) is 0 Å². The summed E-state index contributed by atoms with van der Waals surface area (Å²) in [5.41, 5.74) is 1.65. The first kappa shape index (κ1) is 17.8. The maximum atomic E-state index is 12.7. The summed E-state index contributed by atoms with van der Waals surface area (Å²) in [5.74, 6) is -0.0734. The smallest absolute Gasteiger partial charge is 0.307 e. The highest BCUT2D eigenvalue weighted by molar-refractivity contribution is 6.01. The van der Waals surface area contributed by atoms with E-state index in [2.05, 4.69) is 0 Å². The molecule has 0 bridgehead atoms. The highest BCUT2D eigenvalue weighted by Crippen LogP contribution is 2.35. The molecule has 3 rings (SSSR count). The van der Waals surface area contributed by atoms with Crippen LogP contribution in [-0.4, -0.2) is 36.2 Å². The van der Waals surface area contributed by atoms with Gasteiger partial charge in [0.25, 0.3) is 5.91 Å². The van der Waals surface area contributed by atoms with Crippen molar-refractivity contribution >= 4 is 17.6 Å². The van der Waals surface area contributed by atoms with Gasteiger partial charge in [-0.05, 0) is 43.2 Å². The summed E-state index contributed by atoms with van der Waals surface area (Å²) < 4.78 is 11.3. The van der Waals surface area contributed by atoms with Gasteiger partial charge in [0, 0.05) is 6.54 Å². The molecule has 2 aromatic rings. The van der Waals surface area contributed by atoms with Crippen LogP contribution in [0.1, 0.15) is 18.4 Å². The van der Waals surface area contributed by atoms with Gasteiger partial charge in [-0.1, -0.05) is 24.3 Å². The van der Waals surface area contributed by atoms with E-state index in [1.165, 1.54) is 0 Å². The van der Waals surface area contributed by atoms with E-state index in [0.29, 0.717) is 31.0 Å². The van der Waals surface area contributed by atoms with Gasteiger partial charge in [0.1, 0.15) is 11.5 Å². The second kappa shape index (κ2) is 7.91. The molecule has 6 nitrogen and oxygen atoms in total. The van der Waals surface area contributed by atoms with E-state index in [4.69, 9.17) is 14.6 Å². The van der Waals surface area contributed by atoms with Gasteiger partial charge in [-0.15, -0.1) is 0 Å². The molecule has 1 N–H and O–H groups in total. The van der Waals surface area contributed by atoms with E-state index in [-0.39, 0.29) is 12.3 Å². The highest BCUT2D eigenvalue weighted by Gasteiger charge is 2.35. The first-order valence-corrected chi connectivity index (χ1v) is 8.53. The Kier molecular flexibility index (Phi) is 5.41. The van der Waals surface area contributed by atoms with Crippen molar-refractivity contribution in [2.75, 3.05) is 18.1 Å². The molecule has 0 saturated heterocycles. The van der Waals surface area contributed by atoms with Crippen LogP contribution in [-0.2, 0) is 9.59 Å². The third-order valence-electron chi connectivity index (χ3n) is 4.11. The molecule has 0 radical (unpaired) electrons. The molecule has 1 atom stereocenters. The van der Waals surface area contributed by atoms with E-state index >= 15 is 0 Å². The van der Waals surface area contributed by atoms with Crippen LogP contribution in [0.4, 0.5) is 5.69 Å². The van der Waals surface area contributed by atoms with Gasteiger partial charge in [0.05, 0.1) is 18.7 Å². The number of anilines is 1. The van der Waals surface area contributed by atoms with Crippen molar-refractivity contribution in [2.24, 2.45) is 0 Å². The number of nitrogens with zero attached hydrogens (tertiary/aromatic N) is 1.